The zero-order valence-electron chi connectivity index (χ0n) is 25.8. The fourth-order valence-electron chi connectivity index (χ4n) is 5.30. The Morgan fingerprint density at radius 2 is 1.47 bits per heavy atom. The number of ether oxygens (including phenoxy) is 4. The molecule has 8 nitrogen and oxygen atoms in total. The summed E-state index contributed by atoms with van der Waals surface area (Å²) >= 11 is 0. The van der Waals surface area contributed by atoms with Crippen LogP contribution < -0.4 is 14.4 Å². The molecule has 0 spiro atoms. The maximum Gasteiger partial charge on any atom is 0.416 e. The fourth-order valence-corrected chi connectivity index (χ4v) is 5.30. The third kappa shape index (κ3) is 8.66. The van der Waals surface area contributed by atoms with Crippen LogP contribution in [0.2, 0.25) is 0 Å². The Morgan fingerprint density at radius 3 is 2.00 bits per heavy atom. The van der Waals surface area contributed by atoms with Gasteiger partial charge in [-0.15, -0.1) is 0 Å². The van der Waals surface area contributed by atoms with Crippen molar-refractivity contribution >= 4 is 17.9 Å². The molecular formula is C31H38F6N2O6. The van der Waals surface area contributed by atoms with Gasteiger partial charge in [-0.1, -0.05) is 26.2 Å². The van der Waals surface area contributed by atoms with Crippen LogP contribution in [-0.2, 0) is 28.4 Å². The third-order valence-electron chi connectivity index (χ3n) is 7.46. The number of carbonyl (C=O) groups excluding carboxylic acids is 2. The summed E-state index contributed by atoms with van der Waals surface area (Å²) in [5, 5.41) is 0. The van der Waals surface area contributed by atoms with Crippen LogP contribution in [0.15, 0.2) is 30.3 Å². The van der Waals surface area contributed by atoms with Crippen molar-refractivity contribution in [3.63, 3.8) is 0 Å². The van der Waals surface area contributed by atoms with Crippen LogP contribution in [0, 0.1) is 0 Å². The second kappa shape index (κ2) is 15.0. The van der Waals surface area contributed by atoms with E-state index in [9.17, 15) is 35.9 Å². The van der Waals surface area contributed by atoms with Crippen LogP contribution in [0.25, 0.3) is 0 Å². The van der Waals surface area contributed by atoms with Crippen molar-refractivity contribution in [1.82, 2.24) is 4.90 Å². The minimum Gasteiger partial charge on any atom is -0.493 e. The van der Waals surface area contributed by atoms with Crippen LogP contribution >= 0.6 is 0 Å². The van der Waals surface area contributed by atoms with E-state index in [2.05, 4.69) is 0 Å². The largest absolute Gasteiger partial charge is 0.493 e. The van der Waals surface area contributed by atoms with Crippen molar-refractivity contribution in [1.29, 1.82) is 0 Å². The van der Waals surface area contributed by atoms with Gasteiger partial charge in [0.2, 0.25) is 0 Å². The number of alkyl halides is 6. The monoisotopic (exact) mass is 648 g/mol. The quantitative estimate of drug-likeness (QED) is 0.179. The van der Waals surface area contributed by atoms with Crippen molar-refractivity contribution in [2.24, 2.45) is 0 Å². The maximum absolute atomic E-state index is 13.7. The minimum absolute atomic E-state index is 0.00173. The molecule has 0 bridgehead atoms. The van der Waals surface area contributed by atoms with Gasteiger partial charge in [-0.05, 0) is 56.5 Å². The number of hydrogen-bond acceptors (Lipinski definition) is 6. The first-order valence-corrected chi connectivity index (χ1v) is 14.6. The summed E-state index contributed by atoms with van der Waals surface area (Å²) in [7, 11) is 2.76. The van der Waals surface area contributed by atoms with Crippen LogP contribution in [0.4, 0.5) is 41.6 Å². The summed E-state index contributed by atoms with van der Waals surface area (Å²) in [6, 6.07) is 2.66. The molecule has 0 unspecified atom stereocenters. The summed E-state index contributed by atoms with van der Waals surface area (Å²) in [5.74, 6) is 0.474. The molecule has 1 aliphatic rings. The summed E-state index contributed by atoms with van der Waals surface area (Å²) in [6.07, 6.45) is -8.60. The van der Waals surface area contributed by atoms with E-state index in [1.807, 2.05) is 6.92 Å². The minimum atomic E-state index is -5.07. The summed E-state index contributed by atoms with van der Waals surface area (Å²) in [5.41, 5.74) is -2.79. The molecule has 0 aromatic heterocycles. The topological polar surface area (TPSA) is 77.5 Å². The number of unbranched alkanes of at least 4 members (excludes halogenated alkanes) is 3. The molecule has 0 saturated carbocycles. The molecule has 14 heteroatoms. The number of fused-ring (bicyclic) bond motifs is 1. The van der Waals surface area contributed by atoms with E-state index in [4.69, 9.17) is 18.9 Å². The van der Waals surface area contributed by atoms with Gasteiger partial charge in [-0.25, -0.2) is 9.59 Å². The van der Waals surface area contributed by atoms with Crippen LogP contribution in [0.5, 0.6) is 11.5 Å². The van der Waals surface area contributed by atoms with E-state index < -0.39 is 59.9 Å². The normalized spacial score (nSPS) is 16.6. The molecule has 2 aromatic carbocycles. The zero-order chi connectivity index (χ0) is 33.5. The SMILES string of the molecule is CCCCCCOC(=O)N(Cc1cc(C(F)(F)F)cc(C(F)(F)F)c1)[C@H]1C[C@@H](C)N(C(=O)OCC)c2cc(OC)c(OC)cc21. The number of carbonyl (C=O) groups is 2. The maximum atomic E-state index is 13.7. The van der Waals surface area contributed by atoms with E-state index in [0.717, 1.165) is 24.2 Å². The molecule has 0 saturated heterocycles. The Hall–Kier alpha value is -3.84. The fraction of sp³-hybridized carbons (Fsp3) is 0.548. The van der Waals surface area contributed by atoms with Gasteiger partial charge in [0.05, 0.1) is 50.3 Å². The van der Waals surface area contributed by atoms with Crippen molar-refractivity contribution in [3.05, 3.63) is 52.6 Å². The Morgan fingerprint density at radius 1 is 0.867 bits per heavy atom. The molecule has 45 heavy (non-hydrogen) atoms. The predicted octanol–water partition coefficient (Wildman–Crippen LogP) is 8.76. The van der Waals surface area contributed by atoms with Gasteiger partial charge in [0.1, 0.15) is 0 Å². The number of rotatable bonds is 11. The first-order chi connectivity index (χ1) is 21.2. The predicted molar refractivity (Wildman–Crippen MR) is 153 cm³/mol. The highest BCUT2D eigenvalue weighted by Gasteiger charge is 2.42. The average molecular weight is 649 g/mol. The summed E-state index contributed by atoms with van der Waals surface area (Å²) in [4.78, 5) is 29.1. The van der Waals surface area contributed by atoms with Crippen molar-refractivity contribution in [3.8, 4) is 11.5 Å². The molecule has 3 rings (SSSR count). The summed E-state index contributed by atoms with van der Waals surface area (Å²) < 4.78 is 104. The lowest BCUT2D eigenvalue weighted by molar-refractivity contribution is -0.143. The lowest BCUT2D eigenvalue weighted by Crippen LogP contribution is -2.47. The Bertz CT molecular complexity index is 1300. The number of methoxy groups -OCH3 is 2. The Labute approximate surface area is 258 Å². The van der Waals surface area contributed by atoms with Gasteiger partial charge in [-0.2, -0.15) is 26.3 Å². The van der Waals surface area contributed by atoms with Crippen LogP contribution in [0.3, 0.4) is 0 Å². The molecule has 0 radical (unpaired) electrons. The van der Waals surface area contributed by atoms with Crippen molar-refractivity contribution < 1.29 is 54.9 Å². The lowest BCUT2D eigenvalue weighted by Gasteiger charge is -2.43. The molecule has 0 fully saturated rings. The van der Waals surface area contributed by atoms with Gasteiger partial charge in [0, 0.05) is 24.2 Å². The molecule has 0 N–H and O–H groups in total. The second-order valence-electron chi connectivity index (χ2n) is 10.7. The number of hydrogen-bond donors (Lipinski definition) is 0. The van der Waals surface area contributed by atoms with E-state index in [1.54, 1.807) is 13.8 Å². The highest BCUT2D eigenvalue weighted by atomic mass is 19.4. The zero-order valence-corrected chi connectivity index (χ0v) is 25.8. The first kappa shape index (κ1) is 35.6. The third-order valence-corrected chi connectivity index (χ3v) is 7.46. The number of halogens is 6. The molecular weight excluding hydrogens is 610 g/mol. The van der Waals surface area contributed by atoms with Crippen molar-refractivity contribution in [2.45, 2.75) is 83.9 Å². The van der Waals surface area contributed by atoms with Crippen LogP contribution in [0.1, 0.15) is 81.2 Å². The molecule has 1 heterocycles. The number of nitrogens with zero attached hydrogens (tertiary/aromatic N) is 2. The first-order valence-electron chi connectivity index (χ1n) is 14.6. The van der Waals surface area contributed by atoms with E-state index in [0.29, 0.717) is 24.1 Å². The van der Waals surface area contributed by atoms with E-state index in [-0.39, 0.29) is 42.9 Å². The van der Waals surface area contributed by atoms with Gasteiger partial charge < -0.3 is 18.9 Å². The Balaban J connectivity index is 2.18. The van der Waals surface area contributed by atoms with Gasteiger partial charge in [0.25, 0.3) is 0 Å². The van der Waals surface area contributed by atoms with E-state index >= 15 is 0 Å². The van der Waals surface area contributed by atoms with Gasteiger partial charge in [-0.3, -0.25) is 9.80 Å². The molecule has 2 amide bonds. The van der Waals surface area contributed by atoms with Gasteiger partial charge >= 0.3 is 24.5 Å². The molecule has 250 valence electrons. The molecule has 1 aliphatic heterocycles. The highest BCUT2D eigenvalue weighted by Crippen LogP contribution is 2.47. The molecule has 0 aliphatic carbocycles. The van der Waals surface area contributed by atoms with Crippen molar-refractivity contribution in [2.75, 3.05) is 32.3 Å². The standard InChI is InChI=1S/C31H38F6N2O6/c1-6-8-9-10-11-45-28(40)38(18-20-13-21(30(32,33)34)15-22(14-20)31(35,36)37)24-12-19(3)39(29(41)44-7-2)25-17-27(43-5)26(42-4)16-23(24)25/h13-17,19,24H,6-12,18H2,1-5H3/t19-,24+/m1/s1. The number of amides is 2. The van der Waals surface area contributed by atoms with Crippen LogP contribution in [-0.4, -0.2) is 50.6 Å². The number of benzene rings is 2. The van der Waals surface area contributed by atoms with E-state index in [1.165, 1.54) is 31.3 Å². The molecule has 2 atom stereocenters. The average Bonchev–Trinajstić information content (AvgIpc) is 2.97. The summed E-state index contributed by atoms with van der Waals surface area (Å²) in [6.45, 7) is 4.74. The highest BCUT2D eigenvalue weighted by molar-refractivity contribution is 5.91. The van der Waals surface area contributed by atoms with Gasteiger partial charge in [0.15, 0.2) is 11.5 Å². The number of anilines is 1. The lowest BCUT2D eigenvalue weighted by atomic mass is 9.90. The second-order valence-corrected chi connectivity index (χ2v) is 10.7. The molecule has 2 aromatic rings. The smallest absolute Gasteiger partial charge is 0.416 e. The Kier molecular flexibility index (Phi) is 11.8.